The molecule has 0 radical (unpaired) electrons. The Hall–Kier alpha value is -6.38. The fourth-order valence-electron chi connectivity index (χ4n) is 7.55. The summed E-state index contributed by atoms with van der Waals surface area (Å²) in [6, 6.07) is 63.2. The Morgan fingerprint density at radius 1 is 0.354 bits per heavy atom. The van der Waals surface area contributed by atoms with Gasteiger partial charge >= 0.3 is 0 Å². The Bertz CT molecular complexity index is 2830. The first-order chi connectivity index (χ1) is 23.8. The van der Waals surface area contributed by atoms with Crippen LogP contribution in [0.2, 0.25) is 0 Å². The third-order valence-corrected chi connectivity index (χ3v) is 9.81. The van der Waals surface area contributed by atoms with Gasteiger partial charge < -0.3 is 9.32 Å². The lowest BCUT2D eigenvalue weighted by atomic mass is 9.96. The summed E-state index contributed by atoms with van der Waals surface area (Å²) in [5, 5.41) is 12.2. The average Bonchev–Trinajstić information content (AvgIpc) is 3.55. The average molecular weight is 612 g/mol. The number of fused-ring (bicyclic) bond motifs is 10. The molecule has 0 aliphatic rings. The van der Waals surface area contributed by atoms with E-state index in [0.29, 0.717) is 0 Å². The molecule has 0 amide bonds. The second kappa shape index (κ2) is 10.6. The SMILES string of the molecule is c1ccc(-c2ccc(N(c3ccc4c(ccc5ccc6ccccc6c54)c3)c3cccc4c3oc3ccc5ccccc5c34)cc2)cc1. The van der Waals surface area contributed by atoms with Crippen molar-refractivity contribution in [3.05, 3.63) is 176 Å². The zero-order valence-corrected chi connectivity index (χ0v) is 26.1. The van der Waals surface area contributed by atoms with Gasteiger partial charge in [-0.15, -0.1) is 0 Å². The van der Waals surface area contributed by atoms with Crippen LogP contribution in [-0.2, 0) is 0 Å². The predicted molar refractivity (Wildman–Crippen MR) is 204 cm³/mol. The smallest absolute Gasteiger partial charge is 0.159 e. The molecule has 0 aliphatic heterocycles. The molecule has 1 heterocycles. The summed E-state index contributed by atoms with van der Waals surface area (Å²) in [5.74, 6) is 0. The van der Waals surface area contributed by atoms with Crippen molar-refractivity contribution in [3.63, 3.8) is 0 Å². The molecular formula is C46H29NO. The summed E-state index contributed by atoms with van der Waals surface area (Å²) in [7, 11) is 0. The zero-order chi connectivity index (χ0) is 31.6. The van der Waals surface area contributed by atoms with Crippen LogP contribution in [0, 0.1) is 0 Å². The molecule has 10 aromatic rings. The standard InChI is InChI=1S/C46H29NO/c1-2-9-30(10-3-1)31-21-24-36(25-22-31)47(42-16-8-15-41-45-39-14-7-5-12-33(39)23-28-43(45)48-46(41)42)37-26-27-40-35(29-37)20-19-34-18-17-32-11-4-6-13-38(32)44(34)40/h1-29H. The van der Waals surface area contributed by atoms with Crippen LogP contribution < -0.4 is 4.90 Å². The molecule has 0 spiro atoms. The minimum atomic E-state index is 0.876. The molecule has 0 fully saturated rings. The van der Waals surface area contributed by atoms with Gasteiger partial charge in [0.1, 0.15) is 5.58 Å². The van der Waals surface area contributed by atoms with E-state index in [-0.39, 0.29) is 0 Å². The van der Waals surface area contributed by atoms with Gasteiger partial charge in [0, 0.05) is 22.1 Å². The van der Waals surface area contributed by atoms with Crippen molar-refractivity contribution in [2.75, 3.05) is 4.90 Å². The highest BCUT2D eigenvalue weighted by atomic mass is 16.3. The van der Waals surface area contributed by atoms with E-state index in [1.807, 2.05) is 0 Å². The highest BCUT2D eigenvalue weighted by molar-refractivity contribution is 6.22. The fourth-order valence-corrected chi connectivity index (χ4v) is 7.55. The lowest BCUT2D eigenvalue weighted by molar-refractivity contribution is 0.669. The molecule has 10 rings (SSSR count). The Morgan fingerprint density at radius 2 is 0.938 bits per heavy atom. The fraction of sp³-hybridized carbons (Fsp3) is 0. The topological polar surface area (TPSA) is 16.4 Å². The third kappa shape index (κ3) is 4.13. The molecule has 9 aromatic carbocycles. The number of hydrogen-bond acceptors (Lipinski definition) is 2. The Balaban J connectivity index is 1.22. The highest BCUT2D eigenvalue weighted by Crippen LogP contribution is 2.45. The Kier molecular flexibility index (Phi) is 5.91. The molecule has 2 heteroatoms. The van der Waals surface area contributed by atoms with Crippen molar-refractivity contribution < 1.29 is 4.42 Å². The maximum absolute atomic E-state index is 6.76. The van der Waals surface area contributed by atoms with Crippen molar-refractivity contribution in [1.82, 2.24) is 0 Å². The van der Waals surface area contributed by atoms with Gasteiger partial charge in [0.15, 0.2) is 5.58 Å². The number of furan rings is 1. The number of benzene rings is 9. The predicted octanol–water partition coefficient (Wildman–Crippen LogP) is 13.3. The zero-order valence-electron chi connectivity index (χ0n) is 26.1. The minimum absolute atomic E-state index is 0.876. The Morgan fingerprint density at radius 3 is 1.73 bits per heavy atom. The van der Waals surface area contributed by atoms with Crippen LogP contribution in [0.4, 0.5) is 17.1 Å². The second-order valence-corrected chi connectivity index (χ2v) is 12.5. The quantitative estimate of drug-likeness (QED) is 0.184. The van der Waals surface area contributed by atoms with Gasteiger partial charge in [-0.2, -0.15) is 0 Å². The summed E-state index contributed by atoms with van der Waals surface area (Å²) in [4.78, 5) is 2.34. The van der Waals surface area contributed by atoms with E-state index in [1.165, 1.54) is 54.2 Å². The highest BCUT2D eigenvalue weighted by Gasteiger charge is 2.21. The van der Waals surface area contributed by atoms with Crippen LogP contribution in [0.1, 0.15) is 0 Å². The van der Waals surface area contributed by atoms with Crippen LogP contribution in [0.25, 0.3) is 76.2 Å². The molecule has 0 saturated heterocycles. The van der Waals surface area contributed by atoms with Gasteiger partial charge in [0.2, 0.25) is 0 Å². The number of rotatable bonds is 4. The van der Waals surface area contributed by atoms with Gasteiger partial charge in [-0.1, -0.05) is 140 Å². The van der Waals surface area contributed by atoms with Gasteiger partial charge in [0.05, 0.1) is 5.69 Å². The van der Waals surface area contributed by atoms with Crippen LogP contribution in [0.15, 0.2) is 180 Å². The summed E-state index contributed by atoms with van der Waals surface area (Å²) >= 11 is 0. The largest absolute Gasteiger partial charge is 0.454 e. The lowest BCUT2D eigenvalue weighted by Crippen LogP contribution is -2.10. The first-order valence-electron chi connectivity index (χ1n) is 16.4. The summed E-state index contributed by atoms with van der Waals surface area (Å²) < 4.78 is 6.76. The molecule has 224 valence electrons. The molecule has 0 unspecified atom stereocenters. The normalized spacial score (nSPS) is 11.8. The molecule has 2 nitrogen and oxygen atoms in total. The number of hydrogen-bond donors (Lipinski definition) is 0. The summed E-state index contributed by atoms with van der Waals surface area (Å²) in [6.45, 7) is 0. The third-order valence-electron chi connectivity index (χ3n) is 9.81. The van der Waals surface area contributed by atoms with Crippen molar-refractivity contribution in [1.29, 1.82) is 0 Å². The maximum Gasteiger partial charge on any atom is 0.159 e. The molecule has 1 aromatic heterocycles. The van der Waals surface area contributed by atoms with Crippen molar-refractivity contribution in [2.24, 2.45) is 0 Å². The van der Waals surface area contributed by atoms with Gasteiger partial charge in [-0.25, -0.2) is 0 Å². The number of anilines is 3. The number of nitrogens with zero attached hydrogens (tertiary/aromatic N) is 1. The van der Waals surface area contributed by atoms with E-state index < -0.39 is 0 Å². The first-order valence-corrected chi connectivity index (χ1v) is 16.4. The van der Waals surface area contributed by atoms with E-state index in [1.54, 1.807) is 0 Å². The molecule has 0 saturated carbocycles. The van der Waals surface area contributed by atoms with E-state index in [9.17, 15) is 0 Å². The van der Waals surface area contributed by atoms with Gasteiger partial charge in [-0.05, 0) is 90.6 Å². The van der Waals surface area contributed by atoms with Crippen molar-refractivity contribution >= 4 is 82.1 Å². The first kappa shape index (κ1) is 26.8. The van der Waals surface area contributed by atoms with Crippen LogP contribution >= 0.6 is 0 Å². The molecule has 0 N–H and O–H groups in total. The van der Waals surface area contributed by atoms with Gasteiger partial charge in [-0.3, -0.25) is 0 Å². The molecule has 48 heavy (non-hydrogen) atoms. The Labute approximate surface area is 277 Å². The van der Waals surface area contributed by atoms with Crippen molar-refractivity contribution in [3.8, 4) is 11.1 Å². The van der Waals surface area contributed by atoms with Crippen molar-refractivity contribution in [2.45, 2.75) is 0 Å². The van der Waals surface area contributed by atoms with Gasteiger partial charge in [0.25, 0.3) is 0 Å². The van der Waals surface area contributed by atoms with E-state index in [0.717, 1.165) is 39.0 Å². The second-order valence-electron chi connectivity index (χ2n) is 12.5. The van der Waals surface area contributed by atoms with Crippen LogP contribution in [0.3, 0.4) is 0 Å². The van der Waals surface area contributed by atoms with Crippen LogP contribution in [-0.4, -0.2) is 0 Å². The van der Waals surface area contributed by atoms with E-state index in [4.69, 9.17) is 4.42 Å². The maximum atomic E-state index is 6.76. The summed E-state index contributed by atoms with van der Waals surface area (Å²) in [6.07, 6.45) is 0. The summed E-state index contributed by atoms with van der Waals surface area (Å²) in [5.41, 5.74) is 7.31. The van der Waals surface area contributed by atoms with E-state index >= 15 is 0 Å². The van der Waals surface area contributed by atoms with Crippen LogP contribution in [0.5, 0.6) is 0 Å². The molecule has 0 atom stereocenters. The monoisotopic (exact) mass is 611 g/mol. The molecular weight excluding hydrogens is 583 g/mol. The minimum Gasteiger partial charge on any atom is -0.454 e. The lowest BCUT2D eigenvalue weighted by Gasteiger charge is -2.26. The molecule has 0 bridgehead atoms. The molecule has 0 aliphatic carbocycles. The van der Waals surface area contributed by atoms with E-state index in [2.05, 4.69) is 181 Å². The number of para-hydroxylation sites is 1.